The van der Waals surface area contributed by atoms with Crippen LogP contribution in [0.15, 0.2) is 23.4 Å². The molecule has 9 heteroatoms. The van der Waals surface area contributed by atoms with Crippen molar-refractivity contribution in [1.29, 1.82) is 0 Å². The Hall–Kier alpha value is -2.00. The number of carbonyl (C=O) groups excluding carboxylic acids is 1. The molecule has 1 rings (SSSR count). The summed E-state index contributed by atoms with van der Waals surface area (Å²) in [4.78, 5) is 25.4. The molecule has 0 saturated heterocycles. The number of amides is 1. The van der Waals surface area contributed by atoms with E-state index in [1.54, 1.807) is 13.8 Å². The molecule has 116 valence electrons. The van der Waals surface area contributed by atoms with Crippen LogP contribution in [-0.2, 0) is 14.8 Å². The molecular weight excluding hydrogens is 298 g/mol. The summed E-state index contributed by atoms with van der Waals surface area (Å²) < 4.78 is 25.7. The number of primary amides is 1. The number of hydrogen-bond donors (Lipinski definition) is 2. The summed E-state index contributed by atoms with van der Waals surface area (Å²) in [7, 11) is -4.01. The SMILES string of the molecule is CC(C)CN(CC(N)=O)S(=O)(=O)c1ccc(C(=O)O)cn1. The van der Waals surface area contributed by atoms with Crippen molar-refractivity contribution in [3.05, 3.63) is 23.9 Å². The third-order valence-electron chi connectivity index (χ3n) is 2.49. The van der Waals surface area contributed by atoms with Gasteiger partial charge in [0.2, 0.25) is 5.91 Å². The zero-order chi connectivity index (χ0) is 16.2. The molecule has 0 radical (unpaired) electrons. The van der Waals surface area contributed by atoms with E-state index in [0.29, 0.717) is 0 Å². The van der Waals surface area contributed by atoms with Gasteiger partial charge in [0.1, 0.15) is 0 Å². The predicted octanol–water partition coefficient (Wildman–Crippen LogP) is -0.0882. The number of nitrogens with zero attached hydrogens (tertiary/aromatic N) is 2. The van der Waals surface area contributed by atoms with Crippen molar-refractivity contribution in [1.82, 2.24) is 9.29 Å². The first-order valence-corrected chi connectivity index (χ1v) is 7.56. The van der Waals surface area contributed by atoms with Crippen LogP contribution in [0.5, 0.6) is 0 Å². The highest BCUT2D eigenvalue weighted by molar-refractivity contribution is 7.89. The molecule has 21 heavy (non-hydrogen) atoms. The monoisotopic (exact) mass is 315 g/mol. The largest absolute Gasteiger partial charge is 0.478 e. The van der Waals surface area contributed by atoms with Crippen molar-refractivity contribution in [3.8, 4) is 0 Å². The number of aromatic carboxylic acids is 1. The second kappa shape index (κ2) is 6.64. The highest BCUT2D eigenvalue weighted by atomic mass is 32.2. The number of aromatic nitrogens is 1. The summed E-state index contributed by atoms with van der Waals surface area (Å²) in [5, 5.41) is 8.44. The van der Waals surface area contributed by atoms with Gasteiger partial charge in [0, 0.05) is 12.7 Å². The summed E-state index contributed by atoms with van der Waals surface area (Å²) in [6.45, 7) is 3.24. The lowest BCUT2D eigenvalue weighted by molar-refractivity contribution is -0.118. The van der Waals surface area contributed by atoms with E-state index in [2.05, 4.69) is 4.98 Å². The third kappa shape index (κ3) is 4.50. The molecule has 0 bridgehead atoms. The second-order valence-corrected chi connectivity index (χ2v) is 6.73. The molecular formula is C12H17N3O5S. The van der Waals surface area contributed by atoms with Gasteiger partial charge in [-0.3, -0.25) is 4.79 Å². The summed E-state index contributed by atoms with van der Waals surface area (Å²) in [5.74, 6) is -2.00. The first-order chi connectivity index (χ1) is 9.64. The average molecular weight is 315 g/mol. The summed E-state index contributed by atoms with van der Waals surface area (Å²) in [6.07, 6.45) is 0.951. The smallest absolute Gasteiger partial charge is 0.337 e. The molecule has 0 aromatic carbocycles. The molecule has 0 aliphatic carbocycles. The Bertz CT molecular complexity index is 625. The fourth-order valence-corrected chi connectivity index (χ4v) is 3.10. The minimum Gasteiger partial charge on any atom is -0.478 e. The Labute approximate surface area is 122 Å². The topological polar surface area (TPSA) is 131 Å². The lowest BCUT2D eigenvalue weighted by Gasteiger charge is -2.22. The predicted molar refractivity (Wildman–Crippen MR) is 74.0 cm³/mol. The number of hydrogen-bond acceptors (Lipinski definition) is 5. The van der Waals surface area contributed by atoms with Gasteiger partial charge >= 0.3 is 5.97 Å². The number of rotatable bonds is 7. The van der Waals surface area contributed by atoms with Crippen LogP contribution >= 0.6 is 0 Å². The van der Waals surface area contributed by atoms with Crippen molar-refractivity contribution < 1.29 is 23.1 Å². The van der Waals surface area contributed by atoms with Crippen molar-refractivity contribution in [3.63, 3.8) is 0 Å². The van der Waals surface area contributed by atoms with Gasteiger partial charge in [-0.15, -0.1) is 0 Å². The third-order valence-corrected chi connectivity index (χ3v) is 4.22. The highest BCUT2D eigenvalue weighted by Crippen LogP contribution is 2.15. The fraction of sp³-hybridized carbons (Fsp3) is 0.417. The standard InChI is InChI=1S/C12H17N3O5S/c1-8(2)6-15(7-10(13)16)21(19,20)11-4-3-9(5-14-11)12(17)18/h3-5,8H,6-7H2,1-2H3,(H2,13,16)(H,17,18). The molecule has 0 fully saturated rings. The maximum Gasteiger partial charge on any atom is 0.337 e. The van der Waals surface area contributed by atoms with Crippen LogP contribution < -0.4 is 5.73 Å². The zero-order valence-electron chi connectivity index (χ0n) is 11.7. The minimum atomic E-state index is -4.01. The molecule has 3 N–H and O–H groups in total. The van der Waals surface area contributed by atoms with Crippen molar-refractivity contribution in [2.24, 2.45) is 11.7 Å². The van der Waals surface area contributed by atoms with Crippen molar-refractivity contribution in [2.45, 2.75) is 18.9 Å². The molecule has 1 heterocycles. The number of nitrogens with two attached hydrogens (primary N) is 1. The van der Waals surface area contributed by atoms with E-state index in [9.17, 15) is 18.0 Å². The van der Waals surface area contributed by atoms with Crippen LogP contribution in [-0.4, -0.2) is 47.8 Å². The van der Waals surface area contributed by atoms with Crippen LogP contribution in [0.2, 0.25) is 0 Å². The number of carbonyl (C=O) groups is 2. The number of carboxylic acids is 1. The lowest BCUT2D eigenvalue weighted by Crippen LogP contribution is -2.40. The quantitative estimate of drug-likeness (QED) is 0.723. The van der Waals surface area contributed by atoms with Gasteiger partial charge in [-0.2, -0.15) is 4.31 Å². The van der Waals surface area contributed by atoms with Crippen LogP contribution in [0.1, 0.15) is 24.2 Å². The van der Waals surface area contributed by atoms with Crippen molar-refractivity contribution in [2.75, 3.05) is 13.1 Å². The first-order valence-electron chi connectivity index (χ1n) is 6.12. The van der Waals surface area contributed by atoms with Gasteiger partial charge in [-0.25, -0.2) is 18.2 Å². The molecule has 0 saturated carbocycles. The normalized spacial score (nSPS) is 11.8. The molecule has 1 aromatic rings. The molecule has 8 nitrogen and oxygen atoms in total. The van der Waals surface area contributed by atoms with Gasteiger partial charge in [0.25, 0.3) is 10.0 Å². The van der Waals surface area contributed by atoms with Crippen LogP contribution in [0.25, 0.3) is 0 Å². The zero-order valence-corrected chi connectivity index (χ0v) is 12.5. The van der Waals surface area contributed by atoms with Crippen LogP contribution in [0, 0.1) is 5.92 Å². The Morgan fingerprint density at radius 1 is 1.38 bits per heavy atom. The first kappa shape index (κ1) is 17.1. The van der Waals surface area contributed by atoms with Crippen molar-refractivity contribution >= 4 is 21.9 Å². The maximum atomic E-state index is 12.4. The number of carboxylic acid groups (broad SMARTS) is 1. The molecule has 0 aliphatic heterocycles. The number of pyridine rings is 1. The summed E-state index contributed by atoms with van der Waals surface area (Å²) in [6, 6.07) is 2.23. The van der Waals surface area contributed by atoms with Crippen LogP contribution in [0.4, 0.5) is 0 Å². The lowest BCUT2D eigenvalue weighted by atomic mass is 10.2. The Balaban J connectivity index is 3.15. The van der Waals surface area contributed by atoms with Gasteiger partial charge < -0.3 is 10.8 Å². The molecule has 0 aliphatic rings. The summed E-state index contributed by atoms with van der Waals surface area (Å²) in [5.41, 5.74) is 4.94. The summed E-state index contributed by atoms with van der Waals surface area (Å²) >= 11 is 0. The van der Waals surface area contributed by atoms with E-state index < -0.39 is 28.4 Å². The van der Waals surface area contributed by atoms with Gasteiger partial charge in [0.15, 0.2) is 5.03 Å². The van der Waals surface area contributed by atoms with E-state index >= 15 is 0 Å². The van der Waals surface area contributed by atoms with Gasteiger partial charge in [-0.05, 0) is 18.1 Å². The van der Waals surface area contributed by atoms with Crippen LogP contribution in [0.3, 0.4) is 0 Å². The molecule has 1 aromatic heterocycles. The van der Waals surface area contributed by atoms with E-state index in [1.807, 2.05) is 0 Å². The van der Waals surface area contributed by atoms with Gasteiger partial charge in [-0.1, -0.05) is 13.8 Å². The Morgan fingerprint density at radius 2 is 2.00 bits per heavy atom. The van der Waals surface area contributed by atoms with Gasteiger partial charge in [0.05, 0.1) is 12.1 Å². The second-order valence-electron chi connectivity index (χ2n) is 4.85. The highest BCUT2D eigenvalue weighted by Gasteiger charge is 2.28. The molecule has 0 unspecified atom stereocenters. The Kier molecular flexibility index (Phi) is 5.39. The molecule has 1 amide bonds. The van der Waals surface area contributed by atoms with E-state index in [4.69, 9.17) is 10.8 Å². The minimum absolute atomic E-state index is 0.0163. The maximum absolute atomic E-state index is 12.4. The number of sulfonamides is 1. The van der Waals surface area contributed by atoms with E-state index in [1.165, 1.54) is 0 Å². The fourth-order valence-electron chi connectivity index (χ4n) is 1.62. The van der Waals surface area contributed by atoms with E-state index in [0.717, 1.165) is 22.6 Å². The molecule has 0 atom stereocenters. The molecule has 0 spiro atoms. The average Bonchev–Trinajstić information content (AvgIpc) is 2.37. The van der Waals surface area contributed by atoms with E-state index in [-0.39, 0.29) is 23.1 Å². The Morgan fingerprint density at radius 3 is 2.38 bits per heavy atom.